The second kappa shape index (κ2) is 10.6. The number of amides is 1. The molecule has 0 unspecified atom stereocenters. The number of thiocarbonyl (C=S) groups is 1. The number of benzene rings is 1. The van der Waals surface area contributed by atoms with Crippen LogP contribution in [0.1, 0.15) is 73.5 Å². The first-order valence-corrected chi connectivity index (χ1v) is 12.8. The van der Waals surface area contributed by atoms with E-state index in [1.807, 2.05) is 48.7 Å². The lowest BCUT2D eigenvalue weighted by Gasteiger charge is -2.28. The molecule has 4 rings (SSSR count). The summed E-state index contributed by atoms with van der Waals surface area (Å²) in [6, 6.07) is 16.4. The monoisotopic (exact) mass is 489 g/mol. The third-order valence-electron chi connectivity index (χ3n) is 6.81. The van der Waals surface area contributed by atoms with Crippen LogP contribution in [0.5, 0.6) is 0 Å². The lowest BCUT2D eigenvalue weighted by Crippen LogP contribution is -2.33. The Balaban J connectivity index is 1.61. The van der Waals surface area contributed by atoms with Crippen LogP contribution < -0.4 is 10.6 Å². The van der Waals surface area contributed by atoms with Crippen LogP contribution in [-0.4, -0.2) is 32.0 Å². The van der Waals surface area contributed by atoms with Crippen LogP contribution in [0, 0.1) is 13.8 Å². The molecule has 1 aliphatic rings. The molecule has 2 aromatic heterocycles. The summed E-state index contributed by atoms with van der Waals surface area (Å²) in [5.74, 6) is -0.0126. The van der Waals surface area contributed by atoms with Crippen LogP contribution in [0.2, 0.25) is 0 Å². The summed E-state index contributed by atoms with van der Waals surface area (Å²) >= 11 is 5.80. The minimum atomic E-state index is -0.0892. The summed E-state index contributed by atoms with van der Waals surface area (Å²) in [5, 5.41) is 7.25. The SMILES string of the molecule is CCc1ccccc1NC(=O)CCN1C(=S)N[C@H](c2ccccn2)[C@H]1c1cc(C)n(C(C)C)c1C. The molecule has 2 N–H and O–H groups in total. The molecule has 1 aromatic carbocycles. The molecule has 7 heteroatoms. The van der Waals surface area contributed by atoms with Crippen molar-refractivity contribution in [3.05, 3.63) is 82.9 Å². The van der Waals surface area contributed by atoms with Gasteiger partial charge in [-0.15, -0.1) is 0 Å². The van der Waals surface area contributed by atoms with Gasteiger partial charge in [-0.1, -0.05) is 31.2 Å². The molecule has 6 nitrogen and oxygen atoms in total. The number of para-hydroxylation sites is 1. The zero-order valence-electron chi connectivity index (χ0n) is 21.2. The molecule has 2 atom stereocenters. The first kappa shape index (κ1) is 24.9. The summed E-state index contributed by atoms with van der Waals surface area (Å²) < 4.78 is 2.36. The van der Waals surface area contributed by atoms with Gasteiger partial charge >= 0.3 is 0 Å². The number of aromatic nitrogens is 2. The standard InChI is InChI=1S/C28H35N5OS/c1-6-21-11-7-8-12-23(21)30-25(34)14-16-32-27(22-17-19(4)33(18(2)3)20(22)5)26(31-28(32)35)24-13-9-10-15-29-24/h7-13,15,17-18,26-27H,6,14,16H2,1-5H3,(H,30,34)(H,31,35)/t26-,27-/m1/s1. The fourth-order valence-corrected chi connectivity index (χ4v) is 5.60. The first-order chi connectivity index (χ1) is 16.8. The summed E-state index contributed by atoms with van der Waals surface area (Å²) in [7, 11) is 0. The molecule has 3 aromatic rings. The molecule has 0 aliphatic carbocycles. The molecule has 1 fully saturated rings. The maximum atomic E-state index is 12.9. The molecule has 1 amide bonds. The van der Waals surface area contributed by atoms with Crippen molar-refractivity contribution >= 4 is 28.9 Å². The van der Waals surface area contributed by atoms with Crippen LogP contribution in [0.3, 0.4) is 0 Å². The zero-order chi connectivity index (χ0) is 25.1. The maximum absolute atomic E-state index is 12.9. The molecule has 35 heavy (non-hydrogen) atoms. The number of hydrogen-bond donors (Lipinski definition) is 2. The van der Waals surface area contributed by atoms with Crippen LogP contribution in [-0.2, 0) is 11.2 Å². The van der Waals surface area contributed by atoms with Crippen molar-refractivity contribution in [2.24, 2.45) is 0 Å². The largest absolute Gasteiger partial charge is 0.352 e. The highest BCUT2D eigenvalue weighted by molar-refractivity contribution is 7.80. The summed E-state index contributed by atoms with van der Waals surface area (Å²) in [4.78, 5) is 19.7. The number of carbonyl (C=O) groups is 1. The topological polar surface area (TPSA) is 62.2 Å². The average molecular weight is 490 g/mol. The average Bonchev–Trinajstić information content (AvgIpc) is 3.33. The van der Waals surface area contributed by atoms with Gasteiger partial charge in [0.15, 0.2) is 5.11 Å². The van der Waals surface area contributed by atoms with Gasteiger partial charge in [0, 0.05) is 42.3 Å². The van der Waals surface area contributed by atoms with E-state index >= 15 is 0 Å². The van der Waals surface area contributed by atoms with Crippen molar-refractivity contribution in [3.63, 3.8) is 0 Å². The molecular formula is C28H35N5OS. The second-order valence-corrected chi connectivity index (χ2v) is 9.81. The minimum absolute atomic E-state index is 0.0126. The maximum Gasteiger partial charge on any atom is 0.226 e. The number of rotatable bonds is 8. The van der Waals surface area contributed by atoms with Crippen molar-refractivity contribution in [2.75, 3.05) is 11.9 Å². The van der Waals surface area contributed by atoms with Crippen molar-refractivity contribution < 1.29 is 4.79 Å². The fourth-order valence-electron chi connectivity index (χ4n) is 5.27. The highest BCUT2D eigenvalue weighted by Gasteiger charge is 2.41. The van der Waals surface area contributed by atoms with Gasteiger partial charge in [0.2, 0.25) is 5.91 Å². The predicted octanol–water partition coefficient (Wildman–Crippen LogP) is 5.64. The third-order valence-corrected chi connectivity index (χ3v) is 7.16. The lowest BCUT2D eigenvalue weighted by atomic mass is 9.96. The van der Waals surface area contributed by atoms with Gasteiger partial charge in [-0.25, -0.2) is 0 Å². The van der Waals surface area contributed by atoms with E-state index in [0.29, 0.717) is 24.1 Å². The smallest absolute Gasteiger partial charge is 0.226 e. The molecule has 0 saturated carbocycles. The van der Waals surface area contributed by atoms with E-state index in [-0.39, 0.29) is 18.0 Å². The Morgan fingerprint density at radius 3 is 2.57 bits per heavy atom. The van der Waals surface area contributed by atoms with Gasteiger partial charge < -0.3 is 20.1 Å². The molecular weight excluding hydrogens is 454 g/mol. The molecule has 184 valence electrons. The number of hydrogen-bond acceptors (Lipinski definition) is 3. The van der Waals surface area contributed by atoms with Gasteiger partial charge in [-0.3, -0.25) is 9.78 Å². The Labute approximate surface area is 213 Å². The third kappa shape index (κ3) is 5.10. The van der Waals surface area contributed by atoms with Gasteiger partial charge in [0.05, 0.1) is 17.8 Å². The predicted molar refractivity (Wildman–Crippen MR) is 146 cm³/mol. The molecule has 1 saturated heterocycles. The number of carbonyl (C=O) groups excluding carboxylic acids is 1. The zero-order valence-corrected chi connectivity index (χ0v) is 22.0. The Morgan fingerprint density at radius 1 is 1.17 bits per heavy atom. The lowest BCUT2D eigenvalue weighted by molar-refractivity contribution is -0.116. The Morgan fingerprint density at radius 2 is 1.91 bits per heavy atom. The van der Waals surface area contributed by atoms with E-state index in [2.05, 4.69) is 65.8 Å². The van der Waals surface area contributed by atoms with Gasteiger partial charge in [0.25, 0.3) is 0 Å². The second-order valence-electron chi connectivity index (χ2n) is 9.42. The van der Waals surface area contributed by atoms with E-state index in [4.69, 9.17) is 12.2 Å². The molecule has 0 bridgehead atoms. The molecule has 1 aliphatic heterocycles. The Bertz CT molecular complexity index is 1200. The molecule has 0 radical (unpaired) electrons. The van der Waals surface area contributed by atoms with Crippen molar-refractivity contribution in [1.82, 2.24) is 19.8 Å². The van der Waals surface area contributed by atoms with Gasteiger partial charge in [0.1, 0.15) is 0 Å². The van der Waals surface area contributed by atoms with Crippen molar-refractivity contribution in [3.8, 4) is 0 Å². The van der Waals surface area contributed by atoms with Gasteiger partial charge in [-0.05, 0) is 81.7 Å². The van der Waals surface area contributed by atoms with E-state index in [1.165, 1.54) is 17.0 Å². The molecule has 3 heterocycles. The highest BCUT2D eigenvalue weighted by atomic mass is 32.1. The summed E-state index contributed by atoms with van der Waals surface area (Å²) in [5.41, 5.74) is 6.62. The van der Waals surface area contributed by atoms with Crippen molar-refractivity contribution in [1.29, 1.82) is 0 Å². The number of anilines is 1. The molecule has 0 spiro atoms. The number of aryl methyl sites for hydroxylation is 2. The van der Waals surface area contributed by atoms with E-state index in [0.717, 1.165) is 23.4 Å². The van der Waals surface area contributed by atoms with Crippen molar-refractivity contribution in [2.45, 2.75) is 65.6 Å². The number of nitrogens with zero attached hydrogens (tertiary/aromatic N) is 3. The van der Waals surface area contributed by atoms with Crippen LogP contribution in [0.15, 0.2) is 54.7 Å². The summed E-state index contributed by atoms with van der Waals surface area (Å²) in [6.45, 7) is 11.3. The normalized spacial score (nSPS) is 17.7. The Hall–Kier alpha value is -3.19. The van der Waals surface area contributed by atoms with Crippen LogP contribution in [0.4, 0.5) is 5.69 Å². The number of pyridine rings is 1. The van der Waals surface area contributed by atoms with Crippen LogP contribution in [0.25, 0.3) is 0 Å². The first-order valence-electron chi connectivity index (χ1n) is 12.4. The van der Waals surface area contributed by atoms with E-state index < -0.39 is 0 Å². The van der Waals surface area contributed by atoms with Gasteiger partial charge in [-0.2, -0.15) is 0 Å². The van der Waals surface area contributed by atoms with Crippen LogP contribution >= 0.6 is 12.2 Å². The fraction of sp³-hybridized carbons (Fsp3) is 0.393. The minimum Gasteiger partial charge on any atom is -0.352 e. The quantitative estimate of drug-likeness (QED) is 0.401. The van der Waals surface area contributed by atoms with E-state index in [1.54, 1.807) is 0 Å². The Kier molecular flexibility index (Phi) is 7.55. The summed E-state index contributed by atoms with van der Waals surface area (Å²) in [6.07, 6.45) is 3.03. The van der Waals surface area contributed by atoms with E-state index in [9.17, 15) is 4.79 Å². The number of nitrogens with one attached hydrogen (secondary N) is 2. The highest BCUT2D eigenvalue weighted by Crippen LogP contribution is 2.41.